The molecule has 1 aliphatic heterocycles. The van der Waals surface area contributed by atoms with Gasteiger partial charge in [0.15, 0.2) is 11.5 Å². The molecule has 3 aromatic rings. The summed E-state index contributed by atoms with van der Waals surface area (Å²) >= 11 is 0. The third kappa shape index (κ3) is 5.91. The first kappa shape index (κ1) is 25.4. The molecule has 4 rings (SSSR count). The van der Waals surface area contributed by atoms with Gasteiger partial charge in [0.25, 0.3) is 0 Å². The van der Waals surface area contributed by atoms with E-state index in [0.29, 0.717) is 17.9 Å². The minimum atomic E-state index is -0.739. The number of halogens is 1. The number of carbonyl (C=O) groups excluding carboxylic acids is 1. The van der Waals surface area contributed by atoms with Gasteiger partial charge in [-0.25, -0.2) is 4.39 Å². The summed E-state index contributed by atoms with van der Waals surface area (Å²) in [6.45, 7) is 4.43. The highest BCUT2D eigenvalue weighted by Gasteiger charge is 2.26. The van der Waals surface area contributed by atoms with Crippen LogP contribution in [0.4, 0.5) is 4.39 Å². The minimum absolute atomic E-state index is 0.00204. The summed E-state index contributed by atoms with van der Waals surface area (Å²) in [5, 5.41) is 10.0. The largest absolute Gasteiger partial charge is 0.493 e. The number of hydrogen-bond donors (Lipinski definition) is 1. The van der Waals surface area contributed by atoms with Gasteiger partial charge in [-0.3, -0.25) is 9.78 Å². The molecule has 0 saturated carbocycles. The van der Waals surface area contributed by atoms with Gasteiger partial charge in [0.05, 0.1) is 19.6 Å². The number of pyridine rings is 1. The first-order valence-electron chi connectivity index (χ1n) is 11.9. The van der Waals surface area contributed by atoms with E-state index in [4.69, 9.17) is 14.2 Å². The fourth-order valence-electron chi connectivity index (χ4n) is 4.29. The number of aliphatic hydroxyl groups excluding tert-OH is 1. The molecule has 0 aliphatic carbocycles. The van der Waals surface area contributed by atoms with E-state index >= 15 is 0 Å². The molecule has 1 aliphatic rings. The molecule has 1 saturated heterocycles. The van der Waals surface area contributed by atoms with Gasteiger partial charge in [-0.05, 0) is 64.6 Å². The van der Waals surface area contributed by atoms with E-state index in [0.717, 1.165) is 27.8 Å². The van der Waals surface area contributed by atoms with Crippen molar-refractivity contribution in [2.24, 2.45) is 0 Å². The molecule has 36 heavy (non-hydrogen) atoms. The molecular weight excluding hydrogens is 461 g/mol. The number of aliphatic hydroxyl groups is 1. The first-order chi connectivity index (χ1) is 17.4. The third-order valence-electron chi connectivity index (χ3n) is 6.09. The highest BCUT2D eigenvalue weighted by Crippen LogP contribution is 2.45. The van der Waals surface area contributed by atoms with Crippen LogP contribution in [-0.4, -0.2) is 35.4 Å². The Morgan fingerprint density at radius 2 is 1.92 bits per heavy atom. The smallest absolute Gasteiger partial charge is 0.309 e. The van der Waals surface area contributed by atoms with Gasteiger partial charge in [-0.15, -0.1) is 0 Å². The number of carbonyl (C=O) groups is 1. The monoisotopic (exact) mass is 491 g/mol. The van der Waals surface area contributed by atoms with Gasteiger partial charge in [0, 0.05) is 24.4 Å². The van der Waals surface area contributed by atoms with E-state index in [1.54, 1.807) is 37.7 Å². The van der Waals surface area contributed by atoms with E-state index in [2.05, 4.69) is 18.8 Å². The number of benzene rings is 2. The van der Waals surface area contributed by atoms with Crippen molar-refractivity contribution in [1.29, 1.82) is 0 Å². The van der Waals surface area contributed by atoms with E-state index in [1.165, 1.54) is 12.1 Å². The number of hydrogen-bond acceptors (Lipinski definition) is 6. The molecule has 6 nitrogen and oxygen atoms in total. The molecule has 2 atom stereocenters. The van der Waals surface area contributed by atoms with Gasteiger partial charge in [0.2, 0.25) is 0 Å². The molecule has 2 heterocycles. The Balaban J connectivity index is 1.86. The molecule has 2 aromatic carbocycles. The molecule has 1 N–H and O–H groups in total. The number of nitrogens with zero attached hydrogens (tertiary/aromatic N) is 1. The van der Waals surface area contributed by atoms with Gasteiger partial charge in [-0.2, -0.15) is 0 Å². The van der Waals surface area contributed by atoms with Crippen LogP contribution in [0.15, 0.2) is 60.9 Å². The summed E-state index contributed by atoms with van der Waals surface area (Å²) in [7, 11) is 1.59. The number of ether oxygens (including phenoxy) is 3. The molecule has 0 unspecified atom stereocenters. The normalized spacial score (nSPS) is 17.9. The molecule has 7 heteroatoms. The molecule has 0 amide bonds. The van der Waals surface area contributed by atoms with E-state index in [1.807, 2.05) is 24.3 Å². The average Bonchev–Trinajstić information content (AvgIpc) is 2.86. The van der Waals surface area contributed by atoms with Gasteiger partial charge in [0.1, 0.15) is 18.5 Å². The van der Waals surface area contributed by atoms with Crippen LogP contribution in [0.5, 0.6) is 11.5 Å². The summed E-state index contributed by atoms with van der Waals surface area (Å²) in [5.74, 6) is 0.424. The number of methoxy groups -OCH3 is 1. The SMILES string of the molecule is COc1cc(C(C)C)c(/C=C/[C@@H]2C[C@@H](O)CC(=O)O2)c(-c2ccc(F)cc2)c1OCc1ccncc1. The van der Waals surface area contributed by atoms with Crippen LogP contribution < -0.4 is 9.47 Å². The third-order valence-corrected chi connectivity index (χ3v) is 6.09. The number of esters is 1. The highest BCUT2D eigenvalue weighted by atomic mass is 19.1. The Morgan fingerprint density at radius 1 is 1.19 bits per heavy atom. The molecule has 1 aromatic heterocycles. The van der Waals surface area contributed by atoms with Crippen LogP contribution in [0.25, 0.3) is 17.2 Å². The van der Waals surface area contributed by atoms with Crippen molar-refractivity contribution in [2.75, 3.05) is 7.11 Å². The molecule has 0 radical (unpaired) electrons. The summed E-state index contributed by atoms with van der Waals surface area (Å²) in [5.41, 5.74) is 4.26. The maximum atomic E-state index is 13.8. The van der Waals surface area contributed by atoms with Crippen LogP contribution >= 0.6 is 0 Å². The summed E-state index contributed by atoms with van der Waals surface area (Å²) in [6.07, 6.45) is 6.11. The Morgan fingerprint density at radius 3 is 2.56 bits per heavy atom. The van der Waals surface area contributed by atoms with E-state index in [-0.39, 0.29) is 24.8 Å². The summed E-state index contributed by atoms with van der Waals surface area (Å²) in [6, 6.07) is 11.9. The minimum Gasteiger partial charge on any atom is -0.493 e. The fraction of sp³-hybridized carbons (Fsp3) is 0.310. The standard InChI is InChI=1S/C29H30FNO5/c1-18(2)25-16-26(34-3)29(35-17-19-10-12-31-13-11-19)28(20-4-6-21(30)7-5-20)24(25)9-8-23-14-22(32)15-27(33)36-23/h4-13,16,18,22-23,32H,14-15,17H2,1-3H3/b9-8+/t22-,23-/m1/s1. The van der Waals surface area contributed by atoms with Crippen molar-refractivity contribution in [2.45, 2.75) is 51.4 Å². The highest BCUT2D eigenvalue weighted by molar-refractivity contribution is 5.85. The predicted molar refractivity (Wildman–Crippen MR) is 135 cm³/mol. The Labute approximate surface area is 210 Å². The van der Waals surface area contributed by atoms with Crippen molar-refractivity contribution < 1.29 is 28.5 Å². The van der Waals surface area contributed by atoms with Crippen LogP contribution in [0.2, 0.25) is 0 Å². The van der Waals surface area contributed by atoms with Gasteiger partial charge in [-0.1, -0.05) is 32.1 Å². The Kier molecular flexibility index (Phi) is 8.00. The summed E-state index contributed by atoms with van der Waals surface area (Å²) < 4.78 is 31.3. The van der Waals surface area contributed by atoms with Crippen molar-refractivity contribution in [1.82, 2.24) is 4.98 Å². The average molecular weight is 492 g/mol. The van der Waals surface area contributed by atoms with Gasteiger partial charge >= 0.3 is 5.97 Å². The number of rotatable bonds is 8. The lowest BCUT2D eigenvalue weighted by molar-refractivity contribution is -0.156. The molecule has 188 valence electrons. The van der Waals surface area contributed by atoms with Crippen LogP contribution in [-0.2, 0) is 16.1 Å². The maximum absolute atomic E-state index is 13.8. The molecular formula is C29H30FNO5. The zero-order chi connectivity index (χ0) is 25.7. The van der Waals surface area contributed by atoms with Crippen LogP contribution in [0, 0.1) is 5.82 Å². The Hall–Kier alpha value is -3.71. The van der Waals surface area contributed by atoms with E-state index in [9.17, 15) is 14.3 Å². The first-order valence-corrected chi connectivity index (χ1v) is 11.9. The van der Waals surface area contributed by atoms with Crippen LogP contribution in [0.3, 0.4) is 0 Å². The topological polar surface area (TPSA) is 77.9 Å². The zero-order valence-electron chi connectivity index (χ0n) is 20.6. The maximum Gasteiger partial charge on any atom is 0.309 e. The lowest BCUT2D eigenvalue weighted by Gasteiger charge is -2.25. The zero-order valence-corrected chi connectivity index (χ0v) is 20.6. The molecule has 0 spiro atoms. The quantitative estimate of drug-likeness (QED) is 0.409. The van der Waals surface area contributed by atoms with Crippen molar-refractivity contribution in [3.8, 4) is 22.6 Å². The van der Waals surface area contributed by atoms with Crippen molar-refractivity contribution >= 4 is 12.0 Å². The second-order valence-corrected chi connectivity index (χ2v) is 9.07. The lowest BCUT2D eigenvalue weighted by atomic mass is 9.88. The number of aromatic nitrogens is 1. The number of cyclic esters (lactones) is 1. The molecule has 0 bridgehead atoms. The second-order valence-electron chi connectivity index (χ2n) is 9.07. The fourth-order valence-corrected chi connectivity index (χ4v) is 4.29. The van der Waals surface area contributed by atoms with Crippen molar-refractivity contribution in [3.63, 3.8) is 0 Å². The van der Waals surface area contributed by atoms with Crippen molar-refractivity contribution in [3.05, 3.63) is 83.4 Å². The second kappa shape index (κ2) is 11.4. The summed E-state index contributed by atoms with van der Waals surface area (Å²) in [4.78, 5) is 15.9. The van der Waals surface area contributed by atoms with Crippen LogP contribution in [0.1, 0.15) is 49.3 Å². The van der Waals surface area contributed by atoms with E-state index < -0.39 is 18.2 Å². The van der Waals surface area contributed by atoms with Gasteiger partial charge < -0.3 is 19.3 Å². The Bertz CT molecular complexity index is 1220. The molecule has 1 fully saturated rings. The lowest BCUT2D eigenvalue weighted by Crippen LogP contribution is -2.31. The predicted octanol–water partition coefficient (Wildman–Crippen LogP) is 5.68.